The molecule has 0 N–H and O–H groups in total. The van der Waals surface area contributed by atoms with Crippen LogP contribution in [0.1, 0.15) is 28.0 Å². The second-order valence-corrected chi connectivity index (χ2v) is 8.24. The molecule has 1 fully saturated rings. The summed E-state index contributed by atoms with van der Waals surface area (Å²) in [6, 6.07) is 18.9. The van der Waals surface area contributed by atoms with E-state index in [0.29, 0.717) is 42.7 Å². The smallest absolute Gasteiger partial charge is 0.254 e. The van der Waals surface area contributed by atoms with Crippen molar-refractivity contribution in [1.82, 2.24) is 9.88 Å². The maximum Gasteiger partial charge on any atom is 0.254 e. The molecule has 33 heavy (non-hydrogen) atoms. The van der Waals surface area contributed by atoms with Gasteiger partial charge in [-0.25, -0.2) is 0 Å². The minimum Gasteiger partial charge on any atom is -0.493 e. The first-order chi connectivity index (χ1) is 16.2. The van der Waals surface area contributed by atoms with Crippen LogP contribution in [0, 0.1) is 5.92 Å². The number of amides is 1. The molecule has 170 valence electrons. The first-order valence-electron chi connectivity index (χ1n) is 11.1. The van der Waals surface area contributed by atoms with E-state index in [1.807, 2.05) is 42.5 Å². The van der Waals surface area contributed by atoms with E-state index >= 15 is 0 Å². The van der Waals surface area contributed by atoms with Gasteiger partial charge in [0.1, 0.15) is 5.75 Å². The highest BCUT2D eigenvalue weighted by atomic mass is 16.7. The number of ether oxygens (including phenoxy) is 4. The molecule has 1 saturated heterocycles. The maximum absolute atomic E-state index is 13.5. The molecule has 2 aliphatic rings. The van der Waals surface area contributed by atoms with Crippen LogP contribution in [0.2, 0.25) is 0 Å². The third-order valence-electron chi connectivity index (χ3n) is 5.77. The van der Waals surface area contributed by atoms with Crippen molar-refractivity contribution in [2.45, 2.75) is 19.5 Å². The Kier molecular flexibility index (Phi) is 6.39. The molecule has 3 heterocycles. The molecule has 0 radical (unpaired) electrons. The summed E-state index contributed by atoms with van der Waals surface area (Å²) in [6.07, 6.45) is 2.77. The van der Waals surface area contributed by atoms with Gasteiger partial charge < -0.3 is 23.8 Å². The number of rotatable bonds is 8. The second kappa shape index (κ2) is 9.92. The molecule has 3 aromatic rings. The van der Waals surface area contributed by atoms with E-state index in [1.54, 1.807) is 29.3 Å². The van der Waals surface area contributed by atoms with Crippen molar-refractivity contribution in [3.05, 3.63) is 83.7 Å². The van der Waals surface area contributed by atoms with Gasteiger partial charge in [-0.05, 0) is 54.4 Å². The Hall–Kier alpha value is -3.58. The largest absolute Gasteiger partial charge is 0.493 e. The quantitative estimate of drug-likeness (QED) is 0.520. The average Bonchev–Trinajstić information content (AvgIpc) is 3.54. The number of fused-ring (bicyclic) bond motifs is 1. The topological polar surface area (TPSA) is 70.1 Å². The van der Waals surface area contributed by atoms with Gasteiger partial charge in [-0.1, -0.05) is 18.2 Å². The van der Waals surface area contributed by atoms with Crippen LogP contribution in [0.25, 0.3) is 0 Å². The van der Waals surface area contributed by atoms with E-state index in [-0.39, 0.29) is 12.7 Å². The van der Waals surface area contributed by atoms with Crippen molar-refractivity contribution in [1.29, 1.82) is 0 Å². The molecular formula is C26H26N2O5. The van der Waals surface area contributed by atoms with E-state index in [2.05, 4.69) is 4.98 Å². The normalized spacial score (nSPS) is 16.5. The molecule has 1 unspecified atom stereocenters. The lowest BCUT2D eigenvalue weighted by molar-refractivity contribution is 0.0727. The predicted molar refractivity (Wildman–Crippen MR) is 121 cm³/mol. The van der Waals surface area contributed by atoms with E-state index in [1.165, 1.54) is 0 Å². The van der Waals surface area contributed by atoms with Gasteiger partial charge in [0, 0.05) is 30.8 Å². The Bertz CT molecular complexity index is 1100. The fraction of sp³-hybridized carbons (Fsp3) is 0.308. The van der Waals surface area contributed by atoms with Crippen LogP contribution in [0.3, 0.4) is 0 Å². The lowest BCUT2D eigenvalue weighted by atomic mass is 10.1. The van der Waals surface area contributed by atoms with Gasteiger partial charge in [0.25, 0.3) is 5.91 Å². The molecule has 1 aromatic heterocycles. The zero-order valence-corrected chi connectivity index (χ0v) is 18.3. The average molecular weight is 447 g/mol. The SMILES string of the molecule is O=C(c1ccc2c(c1)OCO2)N(Cc1cccc(OCC2CCOC2)c1)Cc1ccccn1. The fourth-order valence-electron chi connectivity index (χ4n) is 3.98. The number of pyridine rings is 1. The third kappa shape index (κ3) is 5.26. The van der Waals surface area contributed by atoms with Gasteiger partial charge in [-0.3, -0.25) is 9.78 Å². The number of hydrogen-bond donors (Lipinski definition) is 0. The summed E-state index contributed by atoms with van der Waals surface area (Å²) in [6.45, 7) is 3.17. The van der Waals surface area contributed by atoms with Crippen molar-refractivity contribution in [2.24, 2.45) is 5.92 Å². The Morgan fingerprint density at radius 2 is 1.97 bits per heavy atom. The maximum atomic E-state index is 13.5. The summed E-state index contributed by atoms with van der Waals surface area (Å²) in [7, 11) is 0. The molecule has 0 saturated carbocycles. The van der Waals surface area contributed by atoms with Crippen molar-refractivity contribution in [3.8, 4) is 17.2 Å². The first kappa shape index (κ1) is 21.3. The summed E-state index contributed by atoms with van der Waals surface area (Å²) in [5.74, 6) is 2.37. The molecular weight excluding hydrogens is 420 g/mol. The van der Waals surface area contributed by atoms with Crippen LogP contribution in [0.5, 0.6) is 17.2 Å². The molecule has 0 bridgehead atoms. The Morgan fingerprint density at radius 3 is 2.82 bits per heavy atom. The van der Waals surface area contributed by atoms with Crippen LogP contribution in [0.15, 0.2) is 66.9 Å². The highest BCUT2D eigenvalue weighted by Gasteiger charge is 2.22. The van der Waals surface area contributed by atoms with Gasteiger partial charge in [0.05, 0.1) is 25.5 Å². The molecule has 0 aliphatic carbocycles. The second-order valence-electron chi connectivity index (χ2n) is 8.24. The summed E-state index contributed by atoms with van der Waals surface area (Å²) < 4.78 is 22.3. The molecule has 1 atom stereocenters. The summed E-state index contributed by atoms with van der Waals surface area (Å²) in [5.41, 5.74) is 2.35. The number of benzene rings is 2. The van der Waals surface area contributed by atoms with Crippen LogP contribution in [-0.4, -0.2) is 42.4 Å². The van der Waals surface area contributed by atoms with Gasteiger partial charge in [-0.15, -0.1) is 0 Å². The zero-order chi connectivity index (χ0) is 22.5. The van der Waals surface area contributed by atoms with E-state index < -0.39 is 0 Å². The van der Waals surface area contributed by atoms with Crippen molar-refractivity contribution in [2.75, 3.05) is 26.6 Å². The first-order valence-corrected chi connectivity index (χ1v) is 11.1. The molecule has 0 spiro atoms. The molecule has 2 aromatic carbocycles. The highest BCUT2D eigenvalue weighted by Crippen LogP contribution is 2.33. The predicted octanol–water partition coefficient (Wildman–Crippen LogP) is 4.07. The van der Waals surface area contributed by atoms with Crippen LogP contribution >= 0.6 is 0 Å². The van der Waals surface area contributed by atoms with E-state index in [9.17, 15) is 4.79 Å². The monoisotopic (exact) mass is 446 g/mol. The van der Waals surface area contributed by atoms with E-state index in [0.717, 1.165) is 36.6 Å². The van der Waals surface area contributed by atoms with Crippen LogP contribution in [0.4, 0.5) is 0 Å². The number of aromatic nitrogens is 1. The summed E-state index contributed by atoms with van der Waals surface area (Å²) >= 11 is 0. The number of carbonyl (C=O) groups is 1. The van der Waals surface area contributed by atoms with Crippen molar-refractivity contribution in [3.63, 3.8) is 0 Å². The zero-order valence-electron chi connectivity index (χ0n) is 18.3. The van der Waals surface area contributed by atoms with Crippen LogP contribution < -0.4 is 14.2 Å². The lowest BCUT2D eigenvalue weighted by Crippen LogP contribution is -2.30. The van der Waals surface area contributed by atoms with Crippen LogP contribution in [-0.2, 0) is 17.8 Å². The van der Waals surface area contributed by atoms with Gasteiger partial charge in [0.2, 0.25) is 6.79 Å². The molecule has 2 aliphatic heterocycles. The minimum atomic E-state index is -0.103. The summed E-state index contributed by atoms with van der Waals surface area (Å²) in [4.78, 5) is 19.7. The highest BCUT2D eigenvalue weighted by molar-refractivity contribution is 5.95. The van der Waals surface area contributed by atoms with Crippen molar-refractivity contribution >= 4 is 5.91 Å². The number of hydrogen-bond acceptors (Lipinski definition) is 6. The molecule has 7 heteroatoms. The van der Waals surface area contributed by atoms with Gasteiger partial charge in [-0.2, -0.15) is 0 Å². The fourth-order valence-corrected chi connectivity index (χ4v) is 3.98. The Labute approximate surface area is 192 Å². The van der Waals surface area contributed by atoms with Gasteiger partial charge in [0.15, 0.2) is 11.5 Å². The lowest BCUT2D eigenvalue weighted by Gasteiger charge is -2.23. The van der Waals surface area contributed by atoms with E-state index in [4.69, 9.17) is 18.9 Å². The number of nitrogens with zero attached hydrogens (tertiary/aromatic N) is 2. The number of carbonyl (C=O) groups excluding carboxylic acids is 1. The Balaban J connectivity index is 1.34. The summed E-state index contributed by atoms with van der Waals surface area (Å²) in [5, 5.41) is 0. The molecule has 7 nitrogen and oxygen atoms in total. The third-order valence-corrected chi connectivity index (χ3v) is 5.77. The molecule has 1 amide bonds. The Morgan fingerprint density at radius 1 is 1.03 bits per heavy atom. The standard InChI is InChI=1S/C26H26N2O5/c29-26(21-7-8-24-25(13-21)33-18-32-24)28(15-22-5-1-2-10-27-22)14-19-4-3-6-23(12-19)31-17-20-9-11-30-16-20/h1-8,10,12-13,20H,9,11,14-18H2. The van der Waals surface area contributed by atoms with Crippen molar-refractivity contribution < 1.29 is 23.7 Å². The minimum absolute atomic E-state index is 0.103. The molecule has 5 rings (SSSR count). The van der Waals surface area contributed by atoms with Gasteiger partial charge >= 0.3 is 0 Å².